The van der Waals surface area contributed by atoms with Gasteiger partial charge in [-0.15, -0.1) is 6.58 Å². The van der Waals surface area contributed by atoms with Gasteiger partial charge in [-0.05, 0) is 19.3 Å². The minimum Gasteiger partial charge on any atom is -0.394 e. The molecule has 0 aromatic heterocycles. The summed E-state index contributed by atoms with van der Waals surface area (Å²) in [5.74, 6) is 0. The molecule has 1 aliphatic rings. The summed E-state index contributed by atoms with van der Waals surface area (Å²) in [4.78, 5) is 0. The summed E-state index contributed by atoms with van der Waals surface area (Å²) in [6.45, 7) is 2.95. The van der Waals surface area contributed by atoms with E-state index in [0.717, 1.165) is 11.8 Å². The molecular weight excluding hydrogens is 366 g/mol. The van der Waals surface area contributed by atoms with Crippen molar-refractivity contribution >= 4 is 27.2 Å². The van der Waals surface area contributed by atoms with Crippen molar-refractivity contribution in [1.82, 2.24) is 0 Å². The highest BCUT2D eigenvalue weighted by Crippen LogP contribution is 2.30. The van der Waals surface area contributed by atoms with E-state index in [1.165, 1.54) is 0 Å². The van der Waals surface area contributed by atoms with Crippen LogP contribution < -0.4 is 0 Å². The van der Waals surface area contributed by atoms with E-state index in [9.17, 15) is 23.7 Å². The van der Waals surface area contributed by atoms with Gasteiger partial charge in [-0.3, -0.25) is 4.55 Å². The number of aliphatic hydroxyl groups excluding tert-OH is 4. The van der Waals surface area contributed by atoms with Gasteiger partial charge in [-0.2, -0.15) is 8.42 Å². The summed E-state index contributed by atoms with van der Waals surface area (Å²) in [5.41, 5.74) is -1.13. The molecule has 24 heavy (non-hydrogen) atoms. The Balaban J connectivity index is 2.84. The van der Waals surface area contributed by atoms with Crippen LogP contribution >= 0.6 is 11.8 Å². The number of aliphatic hydroxyl groups is 4. The Morgan fingerprint density at radius 3 is 2.50 bits per heavy atom. The standard InChI is InChI=1S/C12H21NO9S2/c1-2-3-4-5-8(13-22-24(18,19)20)23-12-11(17)10(16)9(15)7(6-14)21-12/h2,7,9-12,14-17H,1,3-6H2,(H,18,19,20)/t7-,9-,10+,11-,12+/m1/s1. The Bertz CT molecular complexity index is 537. The van der Waals surface area contributed by atoms with E-state index in [2.05, 4.69) is 16.0 Å². The van der Waals surface area contributed by atoms with Crippen molar-refractivity contribution in [2.24, 2.45) is 5.16 Å². The van der Waals surface area contributed by atoms with Crippen LogP contribution in [-0.4, -0.2) is 74.9 Å². The molecule has 0 aromatic carbocycles. The van der Waals surface area contributed by atoms with Gasteiger partial charge in [0.15, 0.2) is 0 Å². The lowest BCUT2D eigenvalue weighted by atomic mass is 10.0. The van der Waals surface area contributed by atoms with Gasteiger partial charge < -0.3 is 25.2 Å². The van der Waals surface area contributed by atoms with Crippen LogP contribution in [0.1, 0.15) is 19.3 Å². The van der Waals surface area contributed by atoms with Gasteiger partial charge in [0.25, 0.3) is 0 Å². The first-order chi connectivity index (χ1) is 11.2. The van der Waals surface area contributed by atoms with E-state index in [1.807, 2.05) is 0 Å². The van der Waals surface area contributed by atoms with Crippen molar-refractivity contribution in [1.29, 1.82) is 0 Å². The van der Waals surface area contributed by atoms with Crippen LogP contribution in [0, 0.1) is 0 Å². The van der Waals surface area contributed by atoms with E-state index in [1.54, 1.807) is 6.08 Å². The average Bonchev–Trinajstić information content (AvgIpc) is 2.52. The largest absolute Gasteiger partial charge is 0.466 e. The fourth-order valence-corrected chi connectivity index (χ4v) is 3.25. The molecule has 0 aromatic rings. The Kier molecular flexibility index (Phi) is 8.59. The van der Waals surface area contributed by atoms with E-state index >= 15 is 0 Å². The number of allylic oxidation sites excluding steroid dienone is 1. The molecule has 5 N–H and O–H groups in total. The second-order valence-corrected chi connectivity index (χ2v) is 7.16. The molecule has 10 nitrogen and oxygen atoms in total. The summed E-state index contributed by atoms with van der Waals surface area (Å²) < 4.78 is 39.1. The molecule has 1 fully saturated rings. The minimum atomic E-state index is -4.79. The van der Waals surface area contributed by atoms with Crippen LogP contribution in [0.4, 0.5) is 0 Å². The van der Waals surface area contributed by atoms with Crippen molar-refractivity contribution in [3.8, 4) is 0 Å². The Hall–Kier alpha value is -0.730. The quantitative estimate of drug-likeness (QED) is 0.0871. The normalized spacial score (nSPS) is 31.7. The predicted octanol–water partition coefficient (Wildman–Crippen LogP) is -0.991. The van der Waals surface area contributed by atoms with Crippen LogP contribution in [0.2, 0.25) is 0 Å². The van der Waals surface area contributed by atoms with Crippen LogP contribution in [-0.2, 0) is 19.4 Å². The first kappa shape index (κ1) is 21.3. The van der Waals surface area contributed by atoms with Crippen LogP contribution in [0.25, 0.3) is 0 Å². The van der Waals surface area contributed by atoms with Gasteiger partial charge >= 0.3 is 10.4 Å². The molecular formula is C12H21NO9S2. The number of unbranched alkanes of at least 4 members (excludes halogenated alkanes) is 1. The topological polar surface area (TPSA) is 166 Å². The maximum Gasteiger partial charge on any atom is 0.466 e. The smallest absolute Gasteiger partial charge is 0.394 e. The third-order valence-corrected chi connectivity index (χ3v) is 4.57. The van der Waals surface area contributed by atoms with E-state index in [-0.39, 0.29) is 11.5 Å². The highest BCUT2D eigenvalue weighted by molar-refractivity contribution is 8.14. The molecule has 0 amide bonds. The number of hydrogen-bond donors (Lipinski definition) is 5. The van der Waals surface area contributed by atoms with Crippen LogP contribution in [0.5, 0.6) is 0 Å². The Labute approximate surface area is 143 Å². The van der Waals surface area contributed by atoms with Gasteiger partial charge in [-0.1, -0.05) is 23.0 Å². The first-order valence-corrected chi connectivity index (χ1v) is 9.25. The molecule has 0 spiro atoms. The summed E-state index contributed by atoms with van der Waals surface area (Å²) in [7, 11) is -4.79. The molecule has 0 unspecified atom stereocenters. The number of hydrogen-bond acceptors (Lipinski definition) is 10. The van der Waals surface area contributed by atoms with E-state index in [0.29, 0.717) is 12.8 Å². The molecule has 1 heterocycles. The SMILES string of the molecule is C=CCCCC(=NOS(=O)(=O)O)S[C@@H]1O[C@H](CO)[C@@H](O)[C@H](O)[C@H]1O. The van der Waals surface area contributed by atoms with Gasteiger partial charge in [-0.25, -0.2) is 4.28 Å². The summed E-state index contributed by atoms with van der Waals surface area (Å²) >= 11 is 0.750. The number of oxime groups is 1. The number of nitrogens with zero attached hydrogens (tertiary/aromatic N) is 1. The highest BCUT2D eigenvalue weighted by Gasteiger charge is 2.44. The Morgan fingerprint density at radius 1 is 1.29 bits per heavy atom. The van der Waals surface area contributed by atoms with Gasteiger partial charge in [0.2, 0.25) is 0 Å². The molecule has 0 radical (unpaired) electrons. The molecule has 0 aliphatic carbocycles. The summed E-state index contributed by atoms with van der Waals surface area (Å²) in [5, 5.41) is 41.9. The first-order valence-electron chi connectivity index (χ1n) is 7.00. The van der Waals surface area contributed by atoms with Crippen molar-refractivity contribution in [3.05, 3.63) is 12.7 Å². The van der Waals surface area contributed by atoms with E-state index < -0.39 is 46.9 Å². The predicted molar refractivity (Wildman–Crippen MR) is 85.5 cm³/mol. The molecule has 140 valence electrons. The second-order valence-electron chi connectivity index (χ2n) is 4.98. The third-order valence-electron chi connectivity index (χ3n) is 3.13. The van der Waals surface area contributed by atoms with Crippen molar-refractivity contribution in [2.75, 3.05) is 6.61 Å². The second kappa shape index (κ2) is 9.68. The fourth-order valence-electron chi connectivity index (χ4n) is 1.91. The molecule has 5 atom stereocenters. The highest BCUT2D eigenvalue weighted by atomic mass is 32.3. The lowest BCUT2D eigenvalue weighted by Crippen LogP contribution is -2.57. The lowest BCUT2D eigenvalue weighted by Gasteiger charge is -2.39. The molecule has 1 aliphatic heterocycles. The van der Waals surface area contributed by atoms with Crippen molar-refractivity contribution in [3.63, 3.8) is 0 Å². The maximum atomic E-state index is 10.6. The van der Waals surface area contributed by atoms with Crippen molar-refractivity contribution < 1.29 is 42.4 Å². The number of thioether (sulfide) groups is 1. The zero-order valence-corrected chi connectivity index (χ0v) is 14.3. The Morgan fingerprint density at radius 2 is 1.96 bits per heavy atom. The molecule has 12 heteroatoms. The molecule has 0 bridgehead atoms. The summed E-state index contributed by atoms with van der Waals surface area (Å²) in [6.07, 6.45) is -2.69. The summed E-state index contributed by atoms with van der Waals surface area (Å²) in [6, 6.07) is 0. The third kappa shape index (κ3) is 6.64. The van der Waals surface area contributed by atoms with Gasteiger partial charge in [0.1, 0.15) is 34.9 Å². The molecule has 1 saturated heterocycles. The van der Waals surface area contributed by atoms with Gasteiger partial charge in [0, 0.05) is 0 Å². The van der Waals surface area contributed by atoms with Crippen LogP contribution in [0.15, 0.2) is 17.8 Å². The van der Waals surface area contributed by atoms with Crippen LogP contribution in [0.3, 0.4) is 0 Å². The number of ether oxygens (including phenoxy) is 1. The zero-order valence-electron chi connectivity index (χ0n) is 12.6. The minimum absolute atomic E-state index is 0.0683. The van der Waals surface area contributed by atoms with E-state index in [4.69, 9.17) is 14.4 Å². The molecule has 0 saturated carbocycles. The lowest BCUT2D eigenvalue weighted by molar-refractivity contribution is -0.205. The zero-order chi connectivity index (χ0) is 18.3. The fraction of sp³-hybridized carbons (Fsp3) is 0.750. The average molecular weight is 387 g/mol. The van der Waals surface area contributed by atoms with Gasteiger partial charge in [0.05, 0.1) is 6.61 Å². The number of rotatable bonds is 8. The monoisotopic (exact) mass is 387 g/mol. The van der Waals surface area contributed by atoms with Crippen molar-refractivity contribution in [2.45, 2.75) is 49.1 Å². The maximum absolute atomic E-state index is 10.6. The molecule has 1 rings (SSSR count).